The number of ether oxygens (including phenoxy) is 1. The van der Waals surface area contributed by atoms with Crippen LogP contribution in [-0.4, -0.2) is 23.5 Å². The normalized spacial score (nSPS) is 11.2. The number of aliphatic imine (C=N–C) groups is 1. The summed E-state index contributed by atoms with van der Waals surface area (Å²) >= 11 is 0. The van der Waals surface area contributed by atoms with Gasteiger partial charge in [-0.1, -0.05) is 30.3 Å². The molecule has 0 radical (unpaired) electrons. The highest BCUT2D eigenvalue weighted by atomic mass is 16.5. The number of aryl methyl sites for hydroxylation is 1. The fraction of sp³-hybridized carbons (Fsp3) is 0.208. The van der Waals surface area contributed by atoms with Crippen molar-refractivity contribution in [2.24, 2.45) is 4.99 Å². The molecule has 0 saturated carbocycles. The molecule has 0 saturated heterocycles. The number of anilines is 1. The molecule has 29 heavy (non-hydrogen) atoms. The van der Waals surface area contributed by atoms with Crippen LogP contribution >= 0.6 is 0 Å². The number of ketones is 1. The molecule has 3 rings (SSSR count). The van der Waals surface area contributed by atoms with E-state index in [4.69, 9.17) is 4.74 Å². The van der Waals surface area contributed by atoms with E-state index in [2.05, 4.69) is 15.3 Å². The Labute approximate surface area is 171 Å². The molecule has 0 spiro atoms. The smallest absolute Gasteiger partial charge is 0.160 e. The number of carbonyl (C=O) groups is 1. The van der Waals surface area contributed by atoms with Crippen LogP contribution in [0.1, 0.15) is 41.0 Å². The van der Waals surface area contributed by atoms with Crippen molar-refractivity contribution in [3.8, 4) is 11.5 Å². The molecule has 3 aromatic rings. The van der Waals surface area contributed by atoms with Crippen molar-refractivity contribution < 1.29 is 9.53 Å². The van der Waals surface area contributed by atoms with Crippen molar-refractivity contribution in [1.82, 2.24) is 4.98 Å². The summed E-state index contributed by atoms with van der Waals surface area (Å²) in [5, 5.41) is 3.37. The van der Waals surface area contributed by atoms with Crippen molar-refractivity contribution >= 4 is 17.3 Å². The van der Waals surface area contributed by atoms with E-state index < -0.39 is 0 Å². The number of aromatic nitrogens is 1. The van der Waals surface area contributed by atoms with Crippen molar-refractivity contribution in [2.45, 2.75) is 27.3 Å². The minimum atomic E-state index is -0.000960. The summed E-state index contributed by atoms with van der Waals surface area (Å²) in [7, 11) is 1.72. The Kier molecular flexibility index (Phi) is 6.39. The van der Waals surface area contributed by atoms with E-state index in [1.165, 1.54) is 0 Å². The molecule has 0 aliphatic heterocycles. The third-order valence-electron chi connectivity index (χ3n) is 4.59. The highest BCUT2D eigenvalue weighted by Crippen LogP contribution is 2.24. The lowest BCUT2D eigenvalue weighted by molar-refractivity contribution is 0.101. The summed E-state index contributed by atoms with van der Waals surface area (Å²) in [5.41, 5.74) is 4.04. The maximum Gasteiger partial charge on any atom is 0.160 e. The van der Waals surface area contributed by atoms with Crippen LogP contribution in [0.3, 0.4) is 0 Å². The molecule has 0 atom stereocenters. The van der Waals surface area contributed by atoms with Crippen LogP contribution < -0.4 is 10.1 Å². The first-order valence-electron chi connectivity index (χ1n) is 9.50. The predicted octanol–water partition coefficient (Wildman–Crippen LogP) is 5.44. The monoisotopic (exact) mass is 387 g/mol. The Morgan fingerprint density at radius 1 is 1.03 bits per heavy atom. The minimum absolute atomic E-state index is 0.000960. The molecule has 5 heteroatoms. The van der Waals surface area contributed by atoms with Gasteiger partial charge in [0.05, 0.1) is 0 Å². The molecular weight excluding hydrogens is 362 g/mol. The maximum atomic E-state index is 12.1. The van der Waals surface area contributed by atoms with Crippen LogP contribution in [-0.2, 0) is 6.54 Å². The standard InChI is InChI=1S/C24H25N3O2/c1-16-14-22(18(3)28)23(17(2)25-4)24(27-16)26-15-19-10-12-21(13-11-19)29-20-8-6-5-7-9-20/h5-14H,15H2,1-4H3,(H,26,27). The molecule has 0 aliphatic rings. The second kappa shape index (κ2) is 9.15. The molecule has 1 N–H and O–H groups in total. The van der Waals surface area contributed by atoms with Crippen molar-refractivity contribution in [3.63, 3.8) is 0 Å². The minimum Gasteiger partial charge on any atom is -0.457 e. The number of para-hydroxylation sites is 1. The lowest BCUT2D eigenvalue weighted by Gasteiger charge is -2.15. The molecule has 148 valence electrons. The first kappa shape index (κ1) is 20.3. The first-order valence-corrected chi connectivity index (χ1v) is 9.50. The van der Waals surface area contributed by atoms with Gasteiger partial charge >= 0.3 is 0 Å². The van der Waals surface area contributed by atoms with Gasteiger partial charge in [0.15, 0.2) is 5.78 Å². The Hall–Kier alpha value is -3.47. The quantitative estimate of drug-likeness (QED) is 0.433. The summed E-state index contributed by atoms with van der Waals surface area (Å²) in [6, 6.07) is 19.4. The van der Waals surface area contributed by atoms with Crippen LogP contribution in [0, 0.1) is 6.92 Å². The zero-order valence-electron chi connectivity index (χ0n) is 17.2. The molecule has 0 amide bonds. The molecule has 0 bridgehead atoms. The Morgan fingerprint density at radius 3 is 2.31 bits per heavy atom. The van der Waals surface area contributed by atoms with Crippen LogP contribution in [0.4, 0.5) is 5.82 Å². The summed E-state index contributed by atoms with van der Waals surface area (Å²) in [6.07, 6.45) is 0. The van der Waals surface area contributed by atoms with Crippen molar-refractivity contribution in [2.75, 3.05) is 12.4 Å². The third-order valence-corrected chi connectivity index (χ3v) is 4.59. The van der Waals surface area contributed by atoms with Crippen molar-refractivity contribution in [1.29, 1.82) is 0 Å². The highest BCUT2D eigenvalue weighted by Gasteiger charge is 2.17. The predicted molar refractivity (Wildman–Crippen MR) is 117 cm³/mol. The molecular formula is C24H25N3O2. The van der Waals surface area contributed by atoms with Gasteiger partial charge in [0.2, 0.25) is 0 Å². The number of Topliss-reactive ketones (excluding diaryl/α,β-unsaturated/α-hetero) is 1. The number of hydrogen-bond donors (Lipinski definition) is 1. The van der Waals surface area contributed by atoms with Gasteiger partial charge in [-0.2, -0.15) is 0 Å². The van der Waals surface area contributed by atoms with E-state index in [-0.39, 0.29) is 5.78 Å². The van der Waals surface area contributed by atoms with E-state index in [0.717, 1.165) is 34.0 Å². The average molecular weight is 387 g/mol. The Bertz CT molecular complexity index is 1030. The van der Waals surface area contributed by atoms with E-state index in [0.29, 0.717) is 17.9 Å². The summed E-state index contributed by atoms with van der Waals surface area (Å²) in [4.78, 5) is 21.0. The number of nitrogens with zero attached hydrogens (tertiary/aromatic N) is 2. The largest absolute Gasteiger partial charge is 0.457 e. The highest BCUT2D eigenvalue weighted by molar-refractivity contribution is 6.12. The van der Waals surface area contributed by atoms with Gasteiger partial charge in [-0.05, 0) is 56.7 Å². The summed E-state index contributed by atoms with van der Waals surface area (Å²) in [6.45, 7) is 5.91. The Balaban J connectivity index is 1.78. The van der Waals surface area contributed by atoms with Gasteiger partial charge in [-0.15, -0.1) is 0 Å². The molecule has 0 fully saturated rings. The topological polar surface area (TPSA) is 63.6 Å². The van der Waals surface area contributed by atoms with E-state index in [1.807, 2.05) is 74.5 Å². The molecule has 5 nitrogen and oxygen atoms in total. The second-order valence-electron chi connectivity index (χ2n) is 6.81. The van der Waals surface area contributed by atoms with Gasteiger partial charge < -0.3 is 10.1 Å². The number of hydrogen-bond acceptors (Lipinski definition) is 5. The number of nitrogens with one attached hydrogen (secondary N) is 1. The van der Waals surface area contributed by atoms with Crippen LogP contribution in [0.15, 0.2) is 65.7 Å². The molecule has 1 heterocycles. The zero-order valence-corrected chi connectivity index (χ0v) is 17.2. The molecule has 0 unspecified atom stereocenters. The Morgan fingerprint density at radius 2 is 1.69 bits per heavy atom. The lowest BCUT2D eigenvalue weighted by Crippen LogP contribution is -2.13. The third kappa shape index (κ3) is 5.08. The summed E-state index contributed by atoms with van der Waals surface area (Å²) < 4.78 is 5.83. The SMILES string of the molecule is CN=C(C)c1c(C(C)=O)cc(C)nc1NCc1ccc(Oc2ccccc2)cc1. The van der Waals surface area contributed by atoms with E-state index in [9.17, 15) is 4.79 Å². The zero-order chi connectivity index (χ0) is 20.8. The molecule has 0 aliphatic carbocycles. The number of benzene rings is 2. The molecule has 2 aromatic carbocycles. The molecule has 1 aromatic heterocycles. The second-order valence-corrected chi connectivity index (χ2v) is 6.81. The fourth-order valence-corrected chi connectivity index (χ4v) is 3.04. The summed E-state index contributed by atoms with van der Waals surface area (Å²) in [5.74, 6) is 2.25. The van der Waals surface area contributed by atoms with Crippen LogP contribution in [0.25, 0.3) is 0 Å². The van der Waals surface area contributed by atoms with Gasteiger partial charge in [-0.3, -0.25) is 9.79 Å². The van der Waals surface area contributed by atoms with Crippen molar-refractivity contribution in [3.05, 3.63) is 83.0 Å². The fourth-order valence-electron chi connectivity index (χ4n) is 3.04. The van der Waals surface area contributed by atoms with E-state index >= 15 is 0 Å². The number of rotatable bonds is 7. The van der Waals surface area contributed by atoms with Crippen LogP contribution in [0.5, 0.6) is 11.5 Å². The van der Waals surface area contributed by atoms with Crippen LogP contribution in [0.2, 0.25) is 0 Å². The van der Waals surface area contributed by atoms with Gasteiger partial charge in [0, 0.05) is 36.1 Å². The van der Waals surface area contributed by atoms with Gasteiger partial charge in [0.1, 0.15) is 17.3 Å². The lowest BCUT2D eigenvalue weighted by atomic mass is 10.0. The average Bonchev–Trinajstić information content (AvgIpc) is 2.73. The number of pyridine rings is 1. The van der Waals surface area contributed by atoms with E-state index in [1.54, 1.807) is 14.0 Å². The van der Waals surface area contributed by atoms with Gasteiger partial charge in [-0.25, -0.2) is 4.98 Å². The number of carbonyl (C=O) groups excluding carboxylic acids is 1. The maximum absolute atomic E-state index is 12.1. The van der Waals surface area contributed by atoms with Gasteiger partial charge in [0.25, 0.3) is 0 Å². The first-order chi connectivity index (χ1) is 14.0.